The lowest BCUT2D eigenvalue weighted by molar-refractivity contribution is -0.144. The van der Waals surface area contributed by atoms with E-state index < -0.39 is 5.97 Å². The molecule has 194 valence electrons. The Balaban J connectivity index is 1.34. The van der Waals surface area contributed by atoms with Gasteiger partial charge in [0.1, 0.15) is 23.6 Å². The molecule has 0 saturated heterocycles. The largest absolute Gasteiger partial charge is 0.497 e. The van der Waals surface area contributed by atoms with E-state index in [0.717, 1.165) is 41.0 Å². The molecule has 4 rings (SSSR count). The number of carbonyl (C=O) groups is 2. The van der Waals surface area contributed by atoms with Crippen molar-refractivity contribution in [3.05, 3.63) is 94.0 Å². The van der Waals surface area contributed by atoms with Crippen molar-refractivity contribution in [2.75, 3.05) is 20.2 Å². The summed E-state index contributed by atoms with van der Waals surface area (Å²) >= 11 is 6.01. The zero-order chi connectivity index (χ0) is 26.4. The Morgan fingerprint density at radius 1 is 1.00 bits per heavy atom. The quantitative estimate of drug-likeness (QED) is 0.367. The number of amides is 1. The van der Waals surface area contributed by atoms with Gasteiger partial charge in [-0.1, -0.05) is 48.0 Å². The van der Waals surface area contributed by atoms with Crippen molar-refractivity contribution in [2.45, 2.75) is 44.6 Å². The highest BCUT2D eigenvalue weighted by molar-refractivity contribution is 6.30. The number of rotatable bonds is 11. The minimum atomic E-state index is -1.02. The predicted octanol–water partition coefficient (Wildman–Crippen LogP) is 5.37. The number of carboxylic acids is 1. The number of halogens is 1. The number of aryl methyl sites for hydroxylation is 1. The lowest BCUT2D eigenvalue weighted by Gasteiger charge is -2.24. The van der Waals surface area contributed by atoms with E-state index in [1.54, 1.807) is 7.11 Å². The van der Waals surface area contributed by atoms with Gasteiger partial charge < -0.3 is 19.5 Å². The molecule has 1 N–H and O–H groups in total. The molecule has 0 aromatic heterocycles. The highest BCUT2D eigenvalue weighted by Gasteiger charge is 2.35. The van der Waals surface area contributed by atoms with E-state index in [1.165, 1.54) is 10.5 Å². The second-order valence-electron chi connectivity index (χ2n) is 9.78. The van der Waals surface area contributed by atoms with Crippen molar-refractivity contribution < 1.29 is 24.2 Å². The molecule has 1 heterocycles. The van der Waals surface area contributed by atoms with Crippen LogP contribution in [0.2, 0.25) is 5.02 Å². The molecule has 0 fully saturated rings. The Labute approximate surface area is 222 Å². The maximum Gasteiger partial charge on any atom is 0.323 e. The van der Waals surface area contributed by atoms with Crippen LogP contribution in [-0.4, -0.2) is 47.7 Å². The number of carbonyl (C=O) groups excluding carboxylic acids is 1. The van der Waals surface area contributed by atoms with Gasteiger partial charge in [-0.25, -0.2) is 0 Å². The SMILES string of the molecule is COc1ccc(CCN(CC(=O)O)C(=O)CCc2ccc3c(c2)CC(C)(Cc2ccc(Cl)cc2)O3)cc1. The van der Waals surface area contributed by atoms with E-state index in [4.69, 9.17) is 21.1 Å². The number of hydrogen-bond donors (Lipinski definition) is 1. The molecule has 0 radical (unpaired) electrons. The summed E-state index contributed by atoms with van der Waals surface area (Å²) in [7, 11) is 1.61. The highest BCUT2D eigenvalue weighted by atomic mass is 35.5. The molecular weight excluding hydrogens is 490 g/mol. The molecular formula is C30H32ClNO5. The van der Waals surface area contributed by atoms with E-state index >= 15 is 0 Å². The topological polar surface area (TPSA) is 76.1 Å². The monoisotopic (exact) mass is 521 g/mol. The first-order valence-corrected chi connectivity index (χ1v) is 12.8. The third-order valence-electron chi connectivity index (χ3n) is 6.67. The fraction of sp³-hybridized carbons (Fsp3) is 0.333. The van der Waals surface area contributed by atoms with Crippen LogP contribution < -0.4 is 9.47 Å². The van der Waals surface area contributed by atoms with E-state index in [9.17, 15) is 14.7 Å². The number of ether oxygens (including phenoxy) is 2. The van der Waals surface area contributed by atoms with Crippen molar-refractivity contribution in [1.82, 2.24) is 4.90 Å². The minimum absolute atomic E-state index is 0.166. The Morgan fingerprint density at radius 2 is 1.68 bits per heavy atom. The number of nitrogens with zero attached hydrogens (tertiary/aromatic N) is 1. The predicted molar refractivity (Wildman–Crippen MR) is 144 cm³/mol. The Hall–Kier alpha value is -3.51. The summed E-state index contributed by atoms with van der Waals surface area (Å²) in [6, 6.07) is 21.5. The second-order valence-corrected chi connectivity index (χ2v) is 10.2. The Kier molecular flexibility index (Phi) is 8.39. The van der Waals surface area contributed by atoms with E-state index in [2.05, 4.69) is 13.0 Å². The smallest absolute Gasteiger partial charge is 0.323 e. The van der Waals surface area contributed by atoms with Crippen LogP contribution in [0.1, 0.15) is 35.6 Å². The molecule has 3 aromatic rings. The zero-order valence-corrected chi connectivity index (χ0v) is 22.0. The van der Waals surface area contributed by atoms with Gasteiger partial charge in [-0.2, -0.15) is 0 Å². The molecule has 0 spiro atoms. The van der Waals surface area contributed by atoms with Crippen molar-refractivity contribution in [1.29, 1.82) is 0 Å². The van der Waals surface area contributed by atoms with Gasteiger partial charge in [0.25, 0.3) is 0 Å². The Bertz CT molecular complexity index is 1240. The van der Waals surface area contributed by atoms with E-state index in [1.807, 2.05) is 60.7 Å². The van der Waals surface area contributed by atoms with Crippen molar-refractivity contribution in [2.24, 2.45) is 0 Å². The molecule has 1 unspecified atom stereocenters. The first-order chi connectivity index (χ1) is 17.7. The van der Waals surface area contributed by atoms with Gasteiger partial charge in [0.15, 0.2) is 0 Å². The first kappa shape index (κ1) is 26.6. The fourth-order valence-corrected chi connectivity index (χ4v) is 4.91. The molecule has 7 heteroatoms. The van der Waals surface area contributed by atoms with Crippen molar-refractivity contribution in [3.8, 4) is 11.5 Å². The van der Waals surface area contributed by atoms with E-state index in [0.29, 0.717) is 24.4 Å². The summed E-state index contributed by atoms with van der Waals surface area (Å²) in [5, 5.41) is 10.0. The van der Waals surface area contributed by atoms with Crippen LogP contribution in [-0.2, 0) is 35.3 Å². The number of aliphatic carboxylic acids is 1. The highest BCUT2D eigenvalue weighted by Crippen LogP contribution is 2.37. The van der Waals surface area contributed by atoms with Gasteiger partial charge in [0.05, 0.1) is 7.11 Å². The number of fused-ring (bicyclic) bond motifs is 1. The van der Waals surface area contributed by atoms with Crippen LogP contribution in [0.25, 0.3) is 0 Å². The number of benzene rings is 3. The summed E-state index contributed by atoms with van der Waals surface area (Å²) < 4.78 is 11.5. The average molecular weight is 522 g/mol. The molecule has 3 aromatic carbocycles. The van der Waals surface area contributed by atoms with Crippen LogP contribution in [0.3, 0.4) is 0 Å². The fourth-order valence-electron chi connectivity index (χ4n) is 4.78. The molecule has 1 amide bonds. The van der Waals surface area contributed by atoms with Gasteiger partial charge in [-0.3, -0.25) is 9.59 Å². The van der Waals surface area contributed by atoms with Gasteiger partial charge in [0, 0.05) is 30.8 Å². The summed E-state index contributed by atoms with van der Waals surface area (Å²) in [4.78, 5) is 25.8. The van der Waals surface area contributed by atoms with Crippen LogP contribution in [0.4, 0.5) is 0 Å². The lowest BCUT2D eigenvalue weighted by Crippen LogP contribution is -2.37. The minimum Gasteiger partial charge on any atom is -0.497 e. The van der Waals surface area contributed by atoms with Crippen LogP contribution in [0.15, 0.2) is 66.7 Å². The van der Waals surface area contributed by atoms with Gasteiger partial charge in [-0.15, -0.1) is 0 Å². The molecule has 0 bridgehead atoms. The Morgan fingerprint density at radius 3 is 2.35 bits per heavy atom. The molecule has 1 atom stereocenters. The van der Waals surface area contributed by atoms with Crippen molar-refractivity contribution in [3.63, 3.8) is 0 Å². The van der Waals surface area contributed by atoms with Crippen LogP contribution >= 0.6 is 11.6 Å². The molecule has 0 saturated carbocycles. The summed E-state index contributed by atoms with van der Waals surface area (Å²) in [6.07, 6.45) is 2.91. The summed E-state index contributed by atoms with van der Waals surface area (Å²) in [5.41, 5.74) is 4.01. The second kappa shape index (κ2) is 11.7. The van der Waals surface area contributed by atoms with Crippen LogP contribution in [0, 0.1) is 0 Å². The van der Waals surface area contributed by atoms with Gasteiger partial charge >= 0.3 is 5.97 Å². The third-order valence-corrected chi connectivity index (χ3v) is 6.92. The lowest BCUT2D eigenvalue weighted by atomic mass is 9.91. The molecule has 1 aliphatic rings. The summed E-state index contributed by atoms with van der Waals surface area (Å²) in [6.45, 7) is 2.14. The zero-order valence-electron chi connectivity index (χ0n) is 21.2. The normalized spacial score (nSPS) is 16.1. The maximum atomic E-state index is 12.9. The van der Waals surface area contributed by atoms with E-state index in [-0.39, 0.29) is 24.5 Å². The molecule has 6 nitrogen and oxygen atoms in total. The molecule has 1 aliphatic heterocycles. The van der Waals surface area contributed by atoms with Gasteiger partial charge in [-0.05, 0) is 72.4 Å². The standard InChI is InChI=1S/C30H32ClNO5/c1-30(18-23-3-9-25(31)10-4-23)19-24-17-22(7-13-27(24)37-30)8-14-28(33)32(20-29(34)35)16-15-21-5-11-26(36-2)12-6-21/h3-7,9-13,17H,8,14-16,18-20H2,1-2H3,(H,34,35). The number of methoxy groups -OCH3 is 1. The average Bonchev–Trinajstić information content (AvgIpc) is 3.21. The third kappa shape index (κ3) is 7.26. The molecule has 0 aliphatic carbocycles. The van der Waals surface area contributed by atoms with Crippen molar-refractivity contribution >= 4 is 23.5 Å². The number of hydrogen-bond acceptors (Lipinski definition) is 4. The maximum absolute atomic E-state index is 12.9. The van der Waals surface area contributed by atoms with Crippen LogP contribution in [0.5, 0.6) is 11.5 Å². The first-order valence-electron chi connectivity index (χ1n) is 12.4. The van der Waals surface area contributed by atoms with Gasteiger partial charge in [0.2, 0.25) is 5.91 Å². The number of carboxylic acid groups (broad SMARTS) is 1. The molecule has 37 heavy (non-hydrogen) atoms. The summed E-state index contributed by atoms with van der Waals surface area (Å²) in [5.74, 6) is 0.448.